The van der Waals surface area contributed by atoms with Gasteiger partial charge in [-0.2, -0.15) is 0 Å². The van der Waals surface area contributed by atoms with Crippen LogP contribution in [0.1, 0.15) is 53.9 Å². The third-order valence-corrected chi connectivity index (χ3v) is 3.08. The molecule has 20 heavy (non-hydrogen) atoms. The lowest BCUT2D eigenvalue weighted by Gasteiger charge is -2.31. The Bertz CT molecular complexity index is 291. The Kier molecular flexibility index (Phi) is 8.46. The van der Waals surface area contributed by atoms with Gasteiger partial charge in [0, 0.05) is 0 Å². The number of aliphatic hydroxyl groups excluding tert-OH is 1. The lowest BCUT2D eigenvalue weighted by Crippen LogP contribution is -2.43. The van der Waals surface area contributed by atoms with Gasteiger partial charge in [0.15, 0.2) is 5.41 Å². The molecule has 0 aliphatic heterocycles. The molecular formula is C15H28O5. The molecule has 1 atom stereocenters. The molecule has 0 amide bonds. The lowest BCUT2D eigenvalue weighted by molar-refractivity contribution is -0.174. The van der Waals surface area contributed by atoms with E-state index < -0.39 is 23.5 Å². The number of hydrogen-bond donors (Lipinski definition) is 1. The van der Waals surface area contributed by atoms with E-state index in [4.69, 9.17) is 9.47 Å². The normalized spacial score (nSPS) is 13.2. The SMILES string of the molecule is CCOC(=O)C(CCC(C)O)(CC(C)C)C(=O)OCC. The van der Waals surface area contributed by atoms with Crippen LogP contribution in [0, 0.1) is 11.3 Å². The highest BCUT2D eigenvalue weighted by molar-refractivity contribution is 6.00. The molecule has 5 heteroatoms. The van der Waals surface area contributed by atoms with Crippen LogP contribution in [-0.4, -0.2) is 36.4 Å². The number of esters is 2. The van der Waals surface area contributed by atoms with Crippen molar-refractivity contribution in [1.82, 2.24) is 0 Å². The Morgan fingerprint density at radius 2 is 1.50 bits per heavy atom. The summed E-state index contributed by atoms with van der Waals surface area (Å²) in [6, 6.07) is 0. The fraction of sp³-hybridized carbons (Fsp3) is 0.867. The highest BCUT2D eigenvalue weighted by Crippen LogP contribution is 2.35. The van der Waals surface area contributed by atoms with Gasteiger partial charge in [0.05, 0.1) is 19.3 Å². The Balaban J connectivity index is 5.37. The van der Waals surface area contributed by atoms with E-state index in [2.05, 4.69) is 0 Å². The van der Waals surface area contributed by atoms with Crippen LogP contribution in [0.5, 0.6) is 0 Å². The maximum atomic E-state index is 12.3. The molecule has 5 nitrogen and oxygen atoms in total. The third kappa shape index (κ3) is 5.49. The van der Waals surface area contributed by atoms with Crippen molar-refractivity contribution in [2.45, 2.75) is 60.0 Å². The van der Waals surface area contributed by atoms with Gasteiger partial charge in [-0.15, -0.1) is 0 Å². The van der Waals surface area contributed by atoms with Crippen molar-refractivity contribution in [3.05, 3.63) is 0 Å². The summed E-state index contributed by atoms with van der Waals surface area (Å²) in [5, 5.41) is 9.47. The number of carbonyl (C=O) groups is 2. The second-order valence-electron chi connectivity index (χ2n) is 5.51. The maximum absolute atomic E-state index is 12.3. The van der Waals surface area contributed by atoms with Gasteiger partial charge in [0.1, 0.15) is 0 Å². The van der Waals surface area contributed by atoms with E-state index in [1.165, 1.54) is 0 Å². The number of carbonyl (C=O) groups excluding carboxylic acids is 2. The molecule has 0 spiro atoms. The van der Waals surface area contributed by atoms with Gasteiger partial charge in [0.2, 0.25) is 0 Å². The zero-order valence-electron chi connectivity index (χ0n) is 13.3. The molecule has 0 rings (SSSR count). The molecule has 0 bridgehead atoms. The predicted molar refractivity (Wildman–Crippen MR) is 76.1 cm³/mol. The molecule has 0 aromatic rings. The van der Waals surface area contributed by atoms with Crippen LogP contribution in [0.2, 0.25) is 0 Å². The molecule has 0 saturated carbocycles. The number of aliphatic hydroxyl groups is 1. The number of ether oxygens (including phenoxy) is 2. The molecule has 0 aromatic heterocycles. The fourth-order valence-corrected chi connectivity index (χ4v) is 2.25. The van der Waals surface area contributed by atoms with Gasteiger partial charge >= 0.3 is 11.9 Å². The minimum Gasteiger partial charge on any atom is -0.465 e. The average molecular weight is 288 g/mol. The van der Waals surface area contributed by atoms with Crippen molar-refractivity contribution in [3.8, 4) is 0 Å². The van der Waals surface area contributed by atoms with Crippen LogP contribution in [-0.2, 0) is 19.1 Å². The van der Waals surface area contributed by atoms with Crippen LogP contribution >= 0.6 is 0 Å². The lowest BCUT2D eigenvalue weighted by atomic mass is 9.75. The zero-order chi connectivity index (χ0) is 15.8. The van der Waals surface area contributed by atoms with Gasteiger partial charge in [0.25, 0.3) is 0 Å². The summed E-state index contributed by atoms with van der Waals surface area (Å²) in [4.78, 5) is 24.6. The topological polar surface area (TPSA) is 72.8 Å². The first-order chi connectivity index (χ1) is 9.30. The van der Waals surface area contributed by atoms with Crippen molar-refractivity contribution < 1.29 is 24.2 Å². The van der Waals surface area contributed by atoms with Crippen LogP contribution in [0.25, 0.3) is 0 Å². The second kappa shape index (κ2) is 8.95. The first kappa shape index (κ1) is 18.9. The van der Waals surface area contributed by atoms with Crippen molar-refractivity contribution in [1.29, 1.82) is 0 Å². The fourth-order valence-electron chi connectivity index (χ4n) is 2.25. The van der Waals surface area contributed by atoms with Gasteiger partial charge in [-0.1, -0.05) is 13.8 Å². The van der Waals surface area contributed by atoms with E-state index in [0.29, 0.717) is 12.8 Å². The van der Waals surface area contributed by atoms with Crippen molar-refractivity contribution in [2.24, 2.45) is 11.3 Å². The maximum Gasteiger partial charge on any atom is 0.323 e. The molecule has 0 fully saturated rings. The van der Waals surface area contributed by atoms with Crippen molar-refractivity contribution in [3.63, 3.8) is 0 Å². The van der Waals surface area contributed by atoms with Crippen LogP contribution in [0.3, 0.4) is 0 Å². The quantitative estimate of drug-likeness (QED) is 0.520. The monoisotopic (exact) mass is 288 g/mol. The van der Waals surface area contributed by atoms with E-state index in [1.807, 2.05) is 13.8 Å². The van der Waals surface area contributed by atoms with E-state index in [-0.39, 0.29) is 25.6 Å². The Morgan fingerprint density at radius 3 is 1.80 bits per heavy atom. The van der Waals surface area contributed by atoms with Crippen LogP contribution in [0.4, 0.5) is 0 Å². The summed E-state index contributed by atoms with van der Waals surface area (Å²) in [6.07, 6.45) is 0.368. The Labute approximate surface area is 121 Å². The standard InChI is InChI=1S/C15H28O5/c1-6-19-13(17)15(10-11(3)4,9-8-12(5)16)14(18)20-7-2/h11-12,16H,6-10H2,1-5H3. The molecule has 1 N–H and O–H groups in total. The largest absolute Gasteiger partial charge is 0.465 e. The van der Waals surface area contributed by atoms with E-state index in [0.717, 1.165) is 0 Å². The predicted octanol–water partition coefficient (Wildman–Crippen LogP) is 2.31. The van der Waals surface area contributed by atoms with E-state index >= 15 is 0 Å². The first-order valence-corrected chi connectivity index (χ1v) is 7.32. The van der Waals surface area contributed by atoms with Gasteiger partial charge < -0.3 is 14.6 Å². The van der Waals surface area contributed by atoms with Gasteiger partial charge in [-0.25, -0.2) is 0 Å². The van der Waals surface area contributed by atoms with E-state index in [9.17, 15) is 14.7 Å². The Hall–Kier alpha value is -1.10. The van der Waals surface area contributed by atoms with E-state index in [1.54, 1.807) is 20.8 Å². The molecule has 118 valence electrons. The number of hydrogen-bond acceptors (Lipinski definition) is 5. The molecule has 0 aliphatic rings. The highest BCUT2D eigenvalue weighted by Gasteiger charge is 2.48. The summed E-state index contributed by atoms with van der Waals surface area (Å²) < 4.78 is 10.2. The first-order valence-electron chi connectivity index (χ1n) is 7.32. The zero-order valence-corrected chi connectivity index (χ0v) is 13.3. The smallest absolute Gasteiger partial charge is 0.323 e. The van der Waals surface area contributed by atoms with Crippen LogP contribution < -0.4 is 0 Å². The summed E-state index contributed by atoms with van der Waals surface area (Å²) in [5.74, 6) is -0.960. The Morgan fingerprint density at radius 1 is 1.05 bits per heavy atom. The van der Waals surface area contributed by atoms with Crippen LogP contribution in [0.15, 0.2) is 0 Å². The summed E-state index contributed by atoms with van der Waals surface area (Å²) >= 11 is 0. The summed E-state index contributed by atoms with van der Waals surface area (Å²) in [5.41, 5.74) is -1.31. The molecule has 0 aromatic carbocycles. The highest BCUT2D eigenvalue weighted by atomic mass is 16.6. The third-order valence-electron chi connectivity index (χ3n) is 3.08. The van der Waals surface area contributed by atoms with Crippen molar-refractivity contribution >= 4 is 11.9 Å². The minimum absolute atomic E-state index is 0.137. The summed E-state index contributed by atoms with van der Waals surface area (Å²) in [6.45, 7) is 9.36. The second-order valence-corrected chi connectivity index (χ2v) is 5.51. The summed E-state index contributed by atoms with van der Waals surface area (Å²) in [7, 11) is 0. The van der Waals surface area contributed by atoms with Gasteiger partial charge in [-0.3, -0.25) is 9.59 Å². The molecule has 0 aliphatic carbocycles. The molecule has 0 radical (unpaired) electrons. The van der Waals surface area contributed by atoms with Gasteiger partial charge in [-0.05, 0) is 46.0 Å². The average Bonchev–Trinajstić information content (AvgIpc) is 2.34. The van der Waals surface area contributed by atoms with Crippen molar-refractivity contribution in [2.75, 3.05) is 13.2 Å². The number of rotatable bonds is 9. The minimum atomic E-state index is -1.31. The molecule has 1 unspecified atom stereocenters. The molecule has 0 saturated heterocycles. The molecular weight excluding hydrogens is 260 g/mol. The molecule has 0 heterocycles.